The number of carbonyl (C=O) groups is 1. The van der Waals surface area contributed by atoms with E-state index in [4.69, 9.17) is 5.84 Å². The molecular weight excluding hydrogens is 186 g/mol. The topological polar surface area (TPSA) is 67.1 Å². The van der Waals surface area contributed by atoms with Crippen LogP contribution in [-0.2, 0) is 5.75 Å². The average molecular weight is 197 g/mol. The molecule has 0 radical (unpaired) electrons. The van der Waals surface area contributed by atoms with E-state index >= 15 is 0 Å². The molecule has 1 aromatic rings. The summed E-state index contributed by atoms with van der Waals surface area (Å²) in [6, 6.07) is 9.47. The first-order valence-corrected chi connectivity index (χ1v) is 4.74. The van der Waals surface area contributed by atoms with E-state index in [9.17, 15) is 4.79 Å². The van der Waals surface area contributed by atoms with Gasteiger partial charge in [-0.1, -0.05) is 30.3 Å². The maximum Gasteiger partial charge on any atom is 0.338 e. The molecule has 1 rings (SSSR count). The molecule has 4 nitrogen and oxygen atoms in total. The summed E-state index contributed by atoms with van der Waals surface area (Å²) >= 11 is 1.30. The van der Waals surface area contributed by atoms with Gasteiger partial charge < -0.3 is 0 Å². The Morgan fingerprint density at radius 3 is 2.69 bits per heavy atom. The van der Waals surface area contributed by atoms with Crippen molar-refractivity contribution in [1.29, 1.82) is 0 Å². The van der Waals surface area contributed by atoms with E-state index in [2.05, 4.69) is 4.72 Å². The van der Waals surface area contributed by atoms with E-state index in [-0.39, 0.29) is 6.03 Å². The van der Waals surface area contributed by atoms with E-state index in [1.807, 2.05) is 35.8 Å². The highest BCUT2D eigenvalue weighted by Crippen LogP contribution is 2.07. The minimum absolute atomic E-state index is 0.388. The predicted octanol–water partition coefficient (Wildman–Crippen LogP) is 1.01. The summed E-state index contributed by atoms with van der Waals surface area (Å²) in [5.41, 5.74) is 3.14. The minimum Gasteiger partial charge on any atom is -0.280 e. The van der Waals surface area contributed by atoms with Gasteiger partial charge in [0.05, 0.1) is 0 Å². The molecule has 0 aliphatic heterocycles. The van der Waals surface area contributed by atoms with Crippen LogP contribution >= 0.6 is 11.9 Å². The molecule has 13 heavy (non-hydrogen) atoms. The number of hydrogen-bond acceptors (Lipinski definition) is 3. The number of rotatable bonds is 3. The zero-order valence-electron chi connectivity index (χ0n) is 6.99. The Balaban J connectivity index is 2.24. The highest BCUT2D eigenvalue weighted by molar-refractivity contribution is 7.97. The standard InChI is InChI=1S/C8H11N3OS/c9-10-8(12)11-13-6-7-4-2-1-3-5-7/h1-5H,6,9H2,(H2,10,11,12). The Kier molecular flexibility index (Phi) is 4.14. The second kappa shape index (κ2) is 5.45. The molecule has 0 spiro atoms. The van der Waals surface area contributed by atoms with Crippen LogP contribution in [0.4, 0.5) is 4.79 Å². The van der Waals surface area contributed by atoms with Gasteiger partial charge in [-0.25, -0.2) is 10.6 Å². The molecule has 0 unspecified atom stereocenters. The van der Waals surface area contributed by atoms with Gasteiger partial charge in [-0.3, -0.25) is 10.1 Å². The highest BCUT2D eigenvalue weighted by Gasteiger charge is 1.96. The fraction of sp³-hybridized carbons (Fsp3) is 0.125. The van der Waals surface area contributed by atoms with Crippen LogP contribution in [0.5, 0.6) is 0 Å². The Morgan fingerprint density at radius 2 is 2.08 bits per heavy atom. The lowest BCUT2D eigenvalue weighted by molar-refractivity contribution is 0.247. The van der Waals surface area contributed by atoms with Crippen molar-refractivity contribution in [2.24, 2.45) is 5.84 Å². The number of hydrogen-bond donors (Lipinski definition) is 3. The summed E-state index contributed by atoms with van der Waals surface area (Å²) in [7, 11) is 0. The van der Waals surface area contributed by atoms with Crippen LogP contribution in [0.15, 0.2) is 30.3 Å². The number of hydrazine groups is 1. The van der Waals surface area contributed by atoms with Crippen molar-refractivity contribution >= 4 is 18.0 Å². The number of benzene rings is 1. The largest absolute Gasteiger partial charge is 0.338 e. The normalized spacial score (nSPS) is 9.31. The van der Waals surface area contributed by atoms with Crippen LogP contribution in [0.2, 0.25) is 0 Å². The van der Waals surface area contributed by atoms with E-state index in [1.165, 1.54) is 11.9 Å². The monoisotopic (exact) mass is 197 g/mol. The Morgan fingerprint density at radius 1 is 1.38 bits per heavy atom. The molecular formula is C8H11N3OS. The second-order valence-electron chi connectivity index (χ2n) is 2.35. The third kappa shape index (κ3) is 3.82. The third-order valence-electron chi connectivity index (χ3n) is 1.38. The fourth-order valence-corrected chi connectivity index (χ4v) is 1.41. The predicted molar refractivity (Wildman–Crippen MR) is 53.6 cm³/mol. The maximum absolute atomic E-state index is 10.6. The zero-order chi connectivity index (χ0) is 9.52. The molecule has 0 bridgehead atoms. The molecule has 0 heterocycles. The number of urea groups is 1. The van der Waals surface area contributed by atoms with Gasteiger partial charge in [0.25, 0.3) is 0 Å². The van der Waals surface area contributed by atoms with Gasteiger partial charge in [-0.05, 0) is 17.5 Å². The summed E-state index contributed by atoms with van der Waals surface area (Å²) in [4.78, 5) is 10.6. The van der Waals surface area contributed by atoms with Gasteiger partial charge in [0.2, 0.25) is 0 Å². The van der Waals surface area contributed by atoms with E-state index < -0.39 is 0 Å². The first kappa shape index (κ1) is 9.88. The average Bonchev–Trinajstić information content (AvgIpc) is 2.19. The highest BCUT2D eigenvalue weighted by atomic mass is 32.2. The molecule has 0 atom stereocenters. The first-order chi connectivity index (χ1) is 6.33. The van der Waals surface area contributed by atoms with Crippen LogP contribution in [-0.4, -0.2) is 6.03 Å². The van der Waals surface area contributed by atoms with Crippen molar-refractivity contribution < 1.29 is 4.79 Å². The van der Waals surface area contributed by atoms with Crippen LogP contribution in [0.25, 0.3) is 0 Å². The Bertz CT molecular complexity index is 265. The summed E-state index contributed by atoms with van der Waals surface area (Å²) in [6.45, 7) is 0. The summed E-state index contributed by atoms with van der Waals surface area (Å²) in [6.07, 6.45) is 0. The lowest BCUT2D eigenvalue weighted by Gasteiger charge is -2.02. The Labute approximate surface area is 81.0 Å². The molecule has 0 saturated carbocycles. The van der Waals surface area contributed by atoms with Gasteiger partial charge in [-0.15, -0.1) is 0 Å². The van der Waals surface area contributed by atoms with Crippen LogP contribution in [0, 0.1) is 0 Å². The summed E-state index contributed by atoms with van der Waals surface area (Å²) in [5, 5.41) is 0. The number of carbonyl (C=O) groups excluding carboxylic acids is 1. The molecule has 2 amide bonds. The maximum atomic E-state index is 10.6. The van der Waals surface area contributed by atoms with E-state index in [0.29, 0.717) is 0 Å². The van der Waals surface area contributed by atoms with Gasteiger partial charge >= 0.3 is 6.03 Å². The van der Waals surface area contributed by atoms with Gasteiger partial charge in [0.1, 0.15) is 0 Å². The first-order valence-electron chi connectivity index (χ1n) is 3.75. The number of nitrogens with two attached hydrogens (primary N) is 1. The smallest absolute Gasteiger partial charge is 0.280 e. The van der Waals surface area contributed by atoms with Crippen LogP contribution in [0.1, 0.15) is 5.56 Å². The molecule has 0 aliphatic carbocycles. The third-order valence-corrected chi connectivity index (χ3v) is 2.19. The number of nitrogens with one attached hydrogen (secondary N) is 2. The zero-order valence-corrected chi connectivity index (χ0v) is 7.80. The molecule has 70 valence electrons. The van der Waals surface area contributed by atoms with Crippen molar-refractivity contribution in [3.63, 3.8) is 0 Å². The van der Waals surface area contributed by atoms with Crippen molar-refractivity contribution in [1.82, 2.24) is 10.1 Å². The summed E-state index contributed by atoms with van der Waals surface area (Å²) in [5.74, 6) is 5.61. The molecule has 0 saturated heterocycles. The van der Waals surface area contributed by atoms with E-state index in [0.717, 1.165) is 11.3 Å². The van der Waals surface area contributed by atoms with Crippen molar-refractivity contribution in [3.8, 4) is 0 Å². The van der Waals surface area contributed by atoms with Crippen LogP contribution in [0.3, 0.4) is 0 Å². The van der Waals surface area contributed by atoms with Gasteiger partial charge in [0, 0.05) is 5.75 Å². The lowest BCUT2D eigenvalue weighted by atomic mass is 10.2. The van der Waals surface area contributed by atoms with Crippen LogP contribution < -0.4 is 16.0 Å². The minimum atomic E-state index is -0.388. The molecule has 1 aromatic carbocycles. The molecule has 5 heteroatoms. The Hall–Kier alpha value is -1.20. The van der Waals surface area contributed by atoms with Gasteiger partial charge in [0.15, 0.2) is 0 Å². The molecule has 4 N–H and O–H groups in total. The quantitative estimate of drug-likeness (QED) is 0.293. The van der Waals surface area contributed by atoms with Crippen molar-refractivity contribution in [2.45, 2.75) is 5.75 Å². The van der Waals surface area contributed by atoms with Gasteiger partial charge in [-0.2, -0.15) is 0 Å². The SMILES string of the molecule is NNC(=O)NSCc1ccccc1. The number of amides is 2. The van der Waals surface area contributed by atoms with Crippen molar-refractivity contribution in [3.05, 3.63) is 35.9 Å². The second-order valence-corrected chi connectivity index (χ2v) is 3.13. The fourth-order valence-electron chi connectivity index (χ4n) is 0.789. The summed E-state index contributed by atoms with van der Waals surface area (Å²) < 4.78 is 2.52. The lowest BCUT2D eigenvalue weighted by Crippen LogP contribution is -2.36. The molecule has 0 fully saturated rings. The van der Waals surface area contributed by atoms with E-state index in [1.54, 1.807) is 0 Å². The van der Waals surface area contributed by atoms with Crippen molar-refractivity contribution in [2.75, 3.05) is 0 Å². The molecule has 0 aromatic heterocycles. The molecule has 0 aliphatic rings.